The average Bonchev–Trinajstić information content (AvgIpc) is 3.21. The first-order valence-corrected chi connectivity index (χ1v) is 11.8. The molecule has 7 heteroatoms. The number of likely N-dealkylation sites (tertiary alicyclic amines) is 1. The highest BCUT2D eigenvalue weighted by molar-refractivity contribution is 7.91. The van der Waals surface area contributed by atoms with E-state index >= 15 is 0 Å². The Morgan fingerprint density at radius 2 is 1.48 bits per heavy atom. The summed E-state index contributed by atoms with van der Waals surface area (Å²) in [4.78, 5) is 7.19. The van der Waals surface area contributed by atoms with Crippen LogP contribution >= 0.6 is 0 Å². The molecule has 3 heterocycles. The van der Waals surface area contributed by atoms with Crippen molar-refractivity contribution >= 4 is 21.2 Å². The zero-order chi connectivity index (χ0) is 18.9. The second-order valence-electron chi connectivity index (χ2n) is 8.10. The van der Waals surface area contributed by atoms with Crippen LogP contribution in [0.3, 0.4) is 0 Å². The Hall–Kier alpha value is -1.78. The Balaban J connectivity index is 1.31. The number of fused-ring (bicyclic) bond motifs is 1. The summed E-state index contributed by atoms with van der Waals surface area (Å²) in [7, 11) is -2.84. The third-order valence-corrected chi connectivity index (χ3v) is 7.86. The van der Waals surface area contributed by atoms with Gasteiger partial charge in [0, 0.05) is 57.1 Å². The SMILES string of the molecule is N#CCCCN1C[C@@H]2CN(c3ccc(N4CCS(=O)(=O)CC4)cc3)C[C@@H]2C1. The highest BCUT2D eigenvalue weighted by Crippen LogP contribution is 2.34. The summed E-state index contributed by atoms with van der Waals surface area (Å²) >= 11 is 0. The predicted octanol–water partition coefficient (Wildman–Crippen LogP) is 1.59. The largest absolute Gasteiger partial charge is 0.371 e. The van der Waals surface area contributed by atoms with E-state index in [1.807, 2.05) is 0 Å². The van der Waals surface area contributed by atoms with E-state index in [0.29, 0.717) is 19.5 Å². The van der Waals surface area contributed by atoms with Crippen molar-refractivity contribution in [1.82, 2.24) is 4.90 Å². The van der Waals surface area contributed by atoms with E-state index in [9.17, 15) is 8.42 Å². The summed E-state index contributed by atoms with van der Waals surface area (Å²) in [6, 6.07) is 10.9. The van der Waals surface area contributed by atoms with Gasteiger partial charge in [0.1, 0.15) is 0 Å². The number of anilines is 2. The van der Waals surface area contributed by atoms with E-state index in [1.165, 1.54) is 5.69 Å². The topological polar surface area (TPSA) is 67.7 Å². The summed E-state index contributed by atoms with van der Waals surface area (Å²) in [5, 5.41) is 8.68. The van der Waals surface area contributed by atoms with Gasteiger partial charge in [0.25, 0.3) is 0 Å². The van der Waals surface area contributed by atoms with Crippen LogP contribution in [0.15, 0.2) is 24.3 Å². The van der Waals surface area contributed by atoms with Gasteiger partial charge in [0.15, 0.2) is 9.84 Å². The third kappa shape index (κ3) is 4.22. The van der Waals surface area contributed by atoms with Crippen LogP contribution < -0.4 is 9.80 Å². The molecule has 0 spiro atoms. The molecule has 1 aromatic rings. The van der Waals surface area contributed by atoms with Crippen molar-refractivity contribution in [2.45, 2.75) is 12.8 Å². The summed E-state index contributed by atoms with van der Waals surface area (Å²) < 4.78 is 23.2. The van der Waals surface area contributed by atoms with Crippen LogP contribution in [0, 0.1) is 23.2 Å². The molecule has 2 atom stereocenters. The van der Waals surface area contributed by atoms with E-state index in [1.54, 1.807) is 0 Å². The van der Waals surface area contributed by atoms with E-state index < -0.39 is 9.84 Å². The van der Waals surface area contributed by atoms with Gasteiger partial charge >= 0.3 is 0 Å². The van der Waals surface area contributed by atoms with Crippen LogP contribution in [0.4, 0.5) is 11.4 Å². The molecule has 0 aromatic heterocycles. The summed E-state index contributed by atoms with van der Waals surface area (Å²) in [5.74, 6) is 1.99. The zero-order valence-electron chi connectivity index (χ0n) is 15.8. The molecule has 0 unspecified atom stereocenters. The van der Waals surface area contributed by atoms with Gasteiger partial charge in [-0.2, -0.15) is 5.26 Å². The van der Waals surface area contributed by atoms with Gasteiger partial charge in [-0.05, 0) is 49.1 Å². The van der Waals surface area contributed by atoms with Crippen molar-refractivity contribution in [2.75, 3.05) is 67.1 Å². The first-order valence-electron chi connectivity index (χ1n) is 9.94. The molecule has 4 rings (SSSR count). The van der Waals surface area contributed by atoms with Gasteiger partial charge in [-0.15, -0.1) is 0 Å². The first-order chi connectivity index (χ1) is 13.0. The summed E-state index contributed by atoms with van der Waals surface area (Å²) in [5.41, 5.74) is 2.39. The van der Waals surface area contributed by atoms with Gasteiger partial charge in [-0.1, -0.05) is 0 Å². The molecule has 3 fully saturated rings. The fourth-order valence-corrected chi connectivity index (χ4v) is 5.91. The van der Waals surface area contributed by atoms with Crippen LogP contribution in [0.2, 0.25) is 0 Å². The summed E-state index contributed by atoms with van der Waals surface area (Å²) in [6.07, 6.45) is 1.65. The minimum Gasteiger partial charge on any atom is -0.371 e. The van der Waals surface area contributed by atoms with Crippen LogP contribution in [0.25, 0.3) is 0 Å². The number of hydrogen-bond acceptors (Lipinski definition) is 6. The molecule has 6 nitrogen and oxygen atoms in total. The number of hydrogen-bond donors (Lipinski definition) is 0. The third-order valence-electron chi connectivity index (χ3n) is 6.25. The van der Waals surface area contributed by atoms with Crippen molar-refractivity contribution < 1.29 is 8.42 Å². The molecular weight excluding hydrogens is 360 g/mol. The quantitative estimate of drug-likeness (QED) is 0.714. The molecule has 0 radical (unpaired) electrons. The van der Waals surface area contributed by atoms with E-state index in [0.717, 1.165) is 56.7 Å². The molecule has 3 aliphatic heterocycles. The molecule has 1 aromatic carbocycles. The smallest absolute Gasteiger partial charge is 0.153 e. The van der Waals surface area contributed by atoms with Crippen LogP contribution in [0.1, 0.15) is 12.8 Å². The molecule has 27 heavy (non-hydrogen) atoms. The monoisotopic (exact) mass is 388 g/mol. The molecule has 0 saturated carbocycles. The lowest BCUT2D eigenvalue weighted by Crippen LogP contribution is -2.40. The lowest BCUT2D eigenvalue weighted by molar-refractivity contribution is 0.313. The fraction of sp³-hybridized carbons (Fsp3) is 0.650. The van der Waals surface area contributed by atoms with Crippen LogP contribution in [0.5, 0.6) is 0 Å². The Labute approximate surface area is 162 Å². The predicted molar refractivity (Wildman–Crippen MR) is 108 cm³/mol. The molecule has 0 aliphatic carbocycles. The molecule has 0 N–H and O–H groups in total. The number of sulfone groups is 1. The second-order valence-corrected chi connectivity index (χ2v) is 10.4. The van der Waals surface area contributed by atoms with Gasteiger partial charge in [0.2, 0.25) is 0 Å². The van der Waals surface area contributed by atoms with Crippen molar-refractivity contribution in [3.8, 4) is 6.07 Å². The lowest BCUT2D eigenvalue weighted by atomic mass is 10.0. The van der Waals surface area contributed by atoms with E-state index in [2.05, 4.69) is 45.0 Å². The highest BCUT2D eigenvalue weighted by atomic mass is 32.2. The van der Waals surface area contributed by atoms with Crippen LogP contribution in [-0.4, -0.2) is 70.6 Å². The van der Waals surface area contributed by atoms with Crippen LogP contribution in [-0.2, 0) is 9.84 Å². The number of benzene rings is 1. The molecular formula is C20H28N4O2S. The number of unbranched alkanes of at least 4 members (excludes halogenated alkanes) is 1. The number of nitriles is 1. The van der Waals surface area contributed by atoms with E-state index in [4.69, 9.17) is 5.26 Å². The lowest BCUT2D eigenvalue weighted by Gasteiger charge is -2.29. The number of rotatable bonds is 5. The van der Waals surface area contributed by atoms with Gasteiger partial charge in [-0.25, -0.2) is 8.42 Å². The molecule has 3 saturated heterocycles. The van der Waals surface area contributed by atoms with Gasteiger partial charge in [-0.3, -0.25) is 0 Å². The van der Waals surface area contributed by atoms with Gasteiger partial charge < -0.3 is 14.7 Å². The van der Waals surface area contributed by atoms with Crippen molar-refractivity contribution in [3.63, 3.8) is 0 Å². The zero-order valence-corrected chi connectivity index (χ0v) is 16.6. The molecule has 3 aliphatic rings. The molecule has 0 bridgehead atoms. The maximum atomic E-state index is 11.6. The van der Waals surface area contributed by atoms with Crippen molar-refractivity contribution in [2.24, 2.45) is 11.8 Å². The van der Waals surface area contributed by atoms with Gasteiger partial charge in [0.05, 0.1) is 17.6 Å². The maximum Gasteiger partial charge on any atom is 0.153 e. The molecule has 146 valence electrons. The average molecular weight is 389 g/mol. The Kier molecular flexibility index (Phi) is 5.29. The standard InChI is InChI=1S/C20H28N4O2S/c21-7-1-2-8-22-13-17-15-24(16-18(17)14-22)20-5-3-19(4-6-20)23-9-11-27(25,26)12-10-23/h3-6,17-18H,1-2,8-16H2/t17-,18+. The Morgan fingerprint density at radius 3 is 2.04 bits per heavy atom. The Morgan fingerprint density at radius 1 is 0.926 bits per heavy atom. The summed E-state index contributed by atoms with van der Waals surface area (Å²) in [6.45, 7) is 6.79. The Bertz CT molecular complexity index is 774. The number of nitrogens with zero attached hydrogens (tertiary/aromatic N) is 4. The highest BCUT2D eigenvalue weighted by Gasteiger charge is 2.39. The fourth-order valence-electron chi connectivity index (χ4n) is 4.71. The van der Waals surface area contributed by atoms with E-state index in [-0.39, 0.29) is 11.5 Å². The minimum absolute atomic E-state index is 0.259. The van der Waals surface area contributed by atoms with Crippen molar-refractivity contribution in [1.29, 1.82) is 5.26 Å². The molecule has 0 amide bonds. The second kappa shape index (κ2) is 7.69. The van der Waals surface area contributed by atoms with Crippen molar-refractivity contribution in [3.05, 3.63) is 24.3 Å². The maximum absolute atomic E-state index is 11.6. The normalized spacial score (nSPS) is 27.5. The minimum atomic E-state index is -2.84. The first kappa shape index (κ1) is 18.6.